The molecule has 20 heavy (non-hydrogen) atoms. The minimum Gasteiger partial charge on any atom is -0.743 e. The third-order valence-electron chi connectivity index (χ3n) is 1.70. The zero-order chi connectivity index (χ0) is 16.1. The molecule has 0 saturated heterocycles. The third kappa shape index (κ3) is 3.78. The summed E-state index contributed by atoms with van der Waals surface area (Å²) in [6, 6.07) is 0. The molecule has 0 amide bonds. The van der Waals surface area contributed by atoms with Crippen molar-refractivity contribution in [3.8, 4) is 0 Å². The number of rotatable bonds is 4. The summed E-state index contributed by atoms with van der Waals surface area (Å²) in [4.78, 5) is 0. The second-order valence-electron chi connectivity index (χ2n) is 3.07. The fraction of sp³-hybridized carbons (Fsp3) is 1.00. The Morgan fingerprint density at radius 3 is 1.35 bits per heavy atom. The first-order valence-corrected chi connectivity index (χ1v) is 5.11. The summed E-state index contributed by atoms with van der Waals surface area (Å²) in [5.41, 5.74) is 0. The number of hydrogen-bond acceptors (Lipinski definition) is 3. The Kier molecular flexibility index (Phi) is 7.11. The first-order chi connectivity index (χ1) is 7.90. The Bertz CT molecular complexity index is 442. The Morgan fingerprint density at radius 2 is 1.15 bits per heavy atom. The quantitative estimate of drug-likeness (QED) is 0.374. The van der Waals surface area contributed by atoms with Crippen molar-refractivity contribution in [2.75, 3.05) is 0 Å². The molecule has 0 aromatic carbocycles. The fourth-order valence-electron chi connectivity index (χ4n) is 0.716. The van der Waals surface area contributed by atoms with Gasteiger partial charge in [-0.1, -0.05) is 0 Å². The van der Waals surface area contributed by atoms with E-state index in [-0.39, 0.29) is 51.4 Å². The Hall–Kier alpha value is 0.846. The van der Waals surface area contributed by atoms with E-state index in [0.29, 0.717) is 0 Å². The molecule has 0 aliphatic rings. The maximum Gasteiger partial charge on any atom is 1.00 e. The van der Waals surface area contributed by atoms with Gasteiger partial charge < -0.3 is 4.55 Å². The number of alkyl halides is 10. The topological polar surface area (TPSA) is 57.2 Å². The monoisotopic (exact) mass is 370 g/mol. The van der Waals surface area contributed by atoms with E-state index < -0.39 is 39.6 Å². The van der Waals surface area contributed by atoms with E-state index in [1.54, 1.807) is 0 Å². The molecule has 0 saturated carbocycles. The second-order valence-corrected chi connectivity index (χ2v) is 4.49. The molecule has 0 aliphatic carbocycles. The van der Waals surface area contributed by atoms with Gasteiger partial charge in [-0.3, -0.25) is 0 Å². The van der Waals surface area contributed by atoms with Crippen molar-refractivity contribution < 1.29 is 108 Å². The molecular weight excluding hydrogens is 369 g/mol. The first kappa shape index (κ1) is 23.1. The van der Waals surface area contributed by atoms with Gasteiger partial charge in [0.2, 0.25) is 0 Å². The molecule has 0 N–H and O–H groups in total. The zero-order valence-corrected chi connectivity index (χ0v) is 12.9. The molecule has 0 aromatic rings. The van der Waals surface area contributed by atoms with Gasteiger partial charge >= 0.3 is 74.7 Å². The van der Waals surface area contributed by atoms with Crippen LogP contribution in [0.4, 0.5) is 43.9 Å². The molecule has 0 aromatic heterocycles. The molecule has 3 nitrogen and oxygen atoms in total. The van der Waals surface area contributed by atoms with Gasteiger partial charge in [-0.2, -0.15) is 39.5 Å². The van der Waals surface area contributed by atoms with Crippen molar-refractivity contribution in [2.45, 2.75) is 29.4 Å². The van der Waals surface area contributed by atoms with Crippen LogP contribution in [0.25, 0.3) is 0 Å². The smallest absolute Gasteiger partial charge is 0.743 e. The second kappa shape index (κ2) is 6.15. The average molecular weight is 370 g/mol. The van der Waals surface area contributed by atoms with E-state index in [1.165, 1.54) is 0 Å². The Labute approximate surface area is 146 Å². The van der Waals surface area contributed by atoms with E-state index in [4.69, 9.17) is 0 Å². The van der Waals surface area contributed by atoms with Crippen LogP contribution in [-0.4, -0.2) is 42.4 Å². The predicted molar refractivity (Wildman–Crippen MR) is 35.5 cm³/mol. The normalized spacial score (nSPS) is 16.6. The van der Waals surface area contributed by atoms with E-state index in [0.717, 1.165) is 0 Å². The maximum atomic E-state index is 12.4. The molecule has 0 heterocycles. The number of halogens is 10. The summed E-state index contributed by atoms with van der Waals surface area (Å²) in [5, 5.41) is -7.14. The van der Waals surface area contributed by atoms with Crippen LogP contribution in [0.3, 0.4) is 0 Å². The van der Waals surface area contributed by atoms with Crippen LogP contribution in [0.1, 0.15) is 0 Å². The van der Waals surface area contributed by atoms with Gasteiger partial charge in [-0.05, 0) is 0 Å². The number of hydrogen-bond donors (Lipinski definition) is 0. The summed E-state index contributed by atoms with van der Waals surface area (Å²) in [5.74, 6) is -14.6. The molecule has 0 bridgehead atoms. The molecule has 0 aliphatic heterocycles. The molecular formula is C5HF10KO3S. The summed E-state index contributed by atoms with van der Waals surface area (Å²) in [6.45, 7) is 0. The van der Waals surface area contributed by atoms with Gasteiger partial charge in [-0.25, -0.2) is 12.8 Å². The minimum absolute atomic E-state index is 0. The molecule has 0 rings (SSSR count). The predicted octanol–water partition coefficient (Wildman–Crippen LogP) is -0.701. The molecule has 1 unspecified atom stereocenters. The average Bonchev–Trinajstić information content (AvgIpc) is 2.12. The van der Waals surface area contributed by atoms with Crippen LogP contribution in [0.2, 0.25) is 0 Å². The Morgan fingerprint density at radius 1 is 0.850 bits per heavy atom. The van der Waals surface area contributed by atoms with E-state index >= 15 is 0 Å². The van der Waals surface area contributed by atoms with Crippen LogP contribution in [0.15, 0.2) is 0 Å². The zero-order valence-electron chi connectivity index (χ0n) is 8.99. The van der Waals surface area contributed by atoms with E-state index in [9.17, 15) is 56.9 Å². The Balaban J connectivity index is 0. The summed E-state index contributed by atoms with van der Waals surface area (Å²) in [7, 11) is -7.47. The van der Waals surface area contributed by atoms with E-state index in [1.807, 2.05) is 0 Å². The van der Waals surface area contributed by atoms with Gasteiger partial charge in [0.1, 0.15) is 0 Å². The van der Waals surface area contributed by atoms with Crippen LogP contribution in [-0.2, 0) is 10.1 Å². The van der Waals surface area contributed by atoms with Crippen molar-refractivity contribution in [2.24, 2.45) is 0 Å². The van der Waals surface area contributed by atoms with Crippen molar-refractivity contribution in [3.63, 3.8) is 0 Å². The summed E-state index contributed by atoms with van der Waals surface area (Å²) in [6.07, 6.45) is -12.5. The molecule has 0 spiro atoms. The van der Waals surface area contributed by atoms with Gasteiger partial charge in [0.25, 0.3) is 6.17 Å². The molecule has 116 valence electrons. The SMILES string of the molecule is O=S(=O)([O-])C(F)(F)C(F)(F)C(F)(F)C(F)C(F)(F)F.[K+]. The minimum atomic E-state index is -7.47. The van der Waals surface area contributed by atoms with Crippen LogP contribution in [0, 0.1) is 0 Å². The van der Waals surface area contributed by atoms with E-state index in [2.05, 4.69) is 0 Å². The standard InChI is InChI=1S/C5H2F10O3S.K/c6-1(3(9,10)11)2(7,8)4(12,13)5(14,15)19(16,17)18;/h1H,(H,16,17,18);/q;+1/p-1. The van der Waals surface area contributed by atoms with Crippen LogP contribution >= 0.6 is 0 Å². The first-order valence-electron chi connectivity index (χ1n) is 3.70. The molecule has 0 radical (unpaired) electrons. The van der Waals surface area contributed by atoms with Gasteiger partial charge in [0, 0.05) is 0 Å². The largest absolute Gasteiger partial charge is 1.00 e. The van der Waals surface area contributed by atoms with Crippen LogP contribution < -0.4 is 51.4 Å². The van der Waals surface area contributed by atoms with Crippen LogP contribution in [0.5, 0.6) is 0 Å². The maximum absolute atomic E-state index is 12.4. The fourth-order valence-corrected chi connectivity index (χ4v) is 1.17. The van der Waals surface area contributed by atoms with Gasteiger partial charge in [0.05, 0.1) is 0 Å². The summed E-state index contributed by atoms with van der Waals surface area (Å²) >= 11 is 0. The third-order valence-corrected chi connectivity index (χ3v) is 2.59. The molecule has 1 atom stereocenters. The van der Waals surface area contributed by atoms with Gasteiger partial charge in [0.15, 0.2) is 10.1 Å². The van der Waals surface area contributed by atoms with Crippen molar-refractivity contribution in [1.29, 1.82) is 0 Å². The summed E-state index contributed by atoms with van der Waals surface area (Å²) < 4.78 is 150. The van der Waals surface area contributed by atoms with Crippen molar-refractivity contribution >= 4 is 10.1 Å². The molecule has 15 heteroatoms. The van der Waals surface area contributed by atoms with Crippen molar-refractivity contribution in [1.82, 2.24) is 0 Å². The molecule has 0 fully saturated rings. The van der Waals surface area contributed by atoms with Gasteiger partial charge in [-0.15, -0.1) is 0 Å². The van der Waals surface area contributed by atoms with Crippen molar-refractivity contribution in [3.05, 3.63) is 0 Å².